The molecule has 4 atom stereocenters. The highest BCUT2D eigenvalue weighted by Crippen LogP contribution is 2.73. The molecule has 0 spiro atoms. The van der Waals surface area contributed by atoms with Crippen LogP contribution in [0.1, 0.15) is 146 Å². The van der Waals surface area contributed by atoms with Crippen molar-refractivity contribution in [2.45, 2.75) is 180 Å². The van der Waals surface area contributed by atoms with E-state index in [-0.39, 0.29) is 27.9 Å². The summed E-state index contributed by atoms with van der Waals surface area (Å²) < 4.78 is 15.3. The van der Waals surface area contributed by atoms with E-state index in [1.54, 1.807) is 0 Å². The van der Waals surface area contributed by atoms with Gasteiger partial charge in [-0.2, -0.15) is 0 Å². The normalized spacial score (nSPS) is 36.2. The number of carbonyl (C=O) groups excluding carboxylic acids is 4. The maximum atomic E-state index is 12.5. The van der Waals surface area contributed by atoms with Crippen LogP contribution in [0.25, 0.3) is 0 Å². The molecule has 324 valence electrons. The number of carbonyl (C=O) groups is 4. The Balaban J connectivity index is 0.000000213. The minimum absolute atomic E-state index is 0.226. The molecule has 0 radical (unpaired) electrons. The molecule has 0 amide bonds. The monoisotopic (exact) mass is 824 g/mol. The van der Waals surface area contributed by atoms with Crippen LogP contribution in [0.2, 0.25) is 0 Å². The van der Waals surface area contributed by atoms with Gasteiger partial charge in [0.05, 0.1) is 28.0 Å². The summed E-state index contributed by atoms with van der Waals surface area (Å²) in [6.45, 7) is 23.8. The van der Waals surface area contributed by atoms with E-state index in [9.17, 15) is 44.7 Å². The first-order valence-electron chi connectivity index (χ1n) is 20.2. The Hall–Kier alpha value is -2.35. The van der Waals surface area contributed by atoms with Gasteiger partial charge in [-0.1, -0.05) is 13.2 Å². The lowest BCUT2D eigenvalue weighted by Gasteiger charge is -2.70. The van der Waals surface area contributed by atoms with Gasteiger partial charge in [0.25, 0.3) is 5.24 Å². The molecule has 5 N–H and O–H groups in total. The zero-order chi connectivity index (χ0) is 43.6. The first kappa shape index (κ1) is 47.3. The van der Waals surface area contributed by atoms with E-state index in [0.29, 0.717) is 38.0 Å². The van der Waals surface area contributed by atoms with Crippen LogP contribution < -0.4 is 0 Å². The zero-order valence-electron chi connectivity index (χ0n) is 35.9. The maximum Gasteiger partial charge on any atom is 0.344 e. The number of ether oxygens (including phenoxy) is 3. The third kappa shape index (κ3) is 9.51. The van der Waals surface area contributed by atoms with Crippen LogP contribution in [-0.2, 0) is 33.4 Å². The SMILES string of the molecule is C=C(C)C(=O)OCC(=O)Cl.C=C(C)C(=O)OCC(=O)OC12CC3CC(C(C)(C)O)(C1)CC(C(C)(C)O)(C3)C2.CC(C)(O)C12CC3CC(O)(C1)CC(C(C)(C)O)(C3)C2. The molecule has 0 aromatic rings. The van der Waals surface area contributed by atoms with Gasteiger partial charge < -0.3 is 39.7 Å². The van der Waals surface area contributed by atoms with Gasteiger partial charge in [0.1, 0.15) is 5.60 Å². The van der Waals surface area contributed by atoms with Gasteiger partial charge in [0.15, 0.2) is 13.2 Å². The van der Waals surface area contributed by atoms with Gasteiger partial charge >= 0.3 is 17.9 Å². The average molecular weight is 825 g/mol. The molecule has 8 bridgehead atoms. The second kappa shape index (κ2) is 15.3. The second-order valence-corrected chi connectivity index (χ2v) is 21.7. The zero-order valence-corrected chi connectivity index (χ0v) is 36.7. The van der Waals surface area contributed by atoms with Gasteiger partial charge in [-0.15, -0.1) is 0 Å². The fourth-order valence-electron chi connectivity index (χ4n) is 12.3. The summed E-state index contributed by atoms with van der Waals surface area (Å²) in [5.41, 5.74) is -5.74. The summed E-state index contributed by atoms with van der Waals surface area (Å²) >= 11 is 4.88. The number of aliphatic hydroxyl groups is 5. The summed E-state index contributed by atoms with van der Waals surface area (Å²) in [6, 6.07) is 0. The summed E-state index contributed by atoms with van der Waals surface area (Å²) in [7, 11) is 0. The van der Waals surface area contributed by atoms with Crippen molar-refractivity contribution in [3.05, 3.63) is 24.3 Å². The Bertz CT molecular complexity index is 1560. The molecule has 8 aliphatic rings. The topological polar surface area (TPSA) is 197 Å². The molecule has 12 nitrogen and oxygen atoms in total. The van der Waals surface area contributed by atoms with E-state index < -0.39 is 80.8 Å². The van der Waals surface area contributed by atoms with Crippen molar-refractivity contribution < 1.29 is 58.9 Å². The number of rotatable bonds is 11. The molecular weight excluding hydrogens is 756 g/mol. The highest BCUT2D eigenvalue weighted by molar-refractivity contribution is 6.64. The standard InChI is InChI=1S/C22H34O6.C16H28O3.C6H7ClO3/c1-14(2)17(24)27-10-16(23)28-22-9-15-7-20(12-22,18(3,4)25)11-21(8-15,13-22)19(5,6)26;1-12(2,17)14-5-11-6-15(8-14,13(3,4)18)10-16(19,7-11)9-14;1-4(2)6(9)10-3-5(7)8/h15,25-26H,1,7-13H2,2-6H3;11,17-19H,5-10H2,1-4H3;1,3H2,2H3. The van der Waals surface area contributed by atoms with Gasteiger partial charge in [-0.05, 0) is 170 Å². The van der Waals surface area contributed by atoms with Gasteiger partial charge in [0.2, 0.25) is 0 Å². The van der Waals surface area contributed by atoms with Crippen LogP contribution in [0.15, 0.2) is 24.3 Å². The van der Waals surface area contributed by atoms with Crippen LogP contribution in [0.5, 0.6) is 0 Å². The first-order chi connectivity index (χ1) is 25.6. The van der Waals surface area contributed by atoms with Crippen LogP contribution in [0, 0.1) is 33.5 Å². The molecule has 8 fully saturated rings. The molecule has 57 heavy (non-hydrogen) atoms. The molecule has 8 aliphatic carbocycles. The lowest BCUT2D eigenvalue weighted by molar-refractivity contribution is -0.286. The third-order valence-electron chi connectivity index (χ3n) is 14.9. The van der Waals surface area contributed by atoms with Crippen molar-refractivity contribution in [2.75, 3.05) is 13.2 Å². The van der Waals surface area contributed by atoms with Crippen molar-refractivity contribution >= 4 is 34.8 Å². The quantitative estimate of drug-likeness (QED) is 0.0707. The fraction of sp³-hybridized carbons (Fsp3) is 0.818. The van der Waals surface area contributed by atoms with E-state index in [1.807, 2.05) is 55.4 Å². The van der Waals surface area contributed by atoms with Crippen molar-refractivity contribution in [2.24, 2.45) is 33.5 Å². The molecule has 0 aliphatic heterocycles. The Morgan fingerprint density at radius 2 is 0.912 bits per heavy atom. The lowest BCUT2D eigenvalue weighted by Crippen LogP contribution is -2.70. The molecule has 4 unspecified atom stereocenters. The molecule has 0 aromatic heterocycles. The second-order valence-electron chi connectivity index (χ2n) is 21.3. The molecular formula is C44H69ClO12. The van der Waals surface area contributed by atoms with Crippen LogP contribution in [0.4, 0.5) is 0 Å². The fourth-order valence-corrected chi connectivity index (χ4v) is 12.4. The number of esters is 3. The molecule has 8 saturated carbocycles. The van der Waals surface area contributed by atoms with Crippen molar-refractivity contribution in [1.29, 1.82) is 0 Å². The van der Waals surface area contributed by atoms with E-state index in [2.05, 4.69) is 17.9 Å². The van der Waals surface area contributed by atoms with E-state index in [0.717, 1.165) is 44.9 Å². The Morgan fingerprint density at radius 1 is 0.579 bits per heavy atom. The van der Waals surface area contributed by atoms with Crippen LogP contribution in [0.3, 0.4) is 0 Å². The predicted molar refractivity (Wildman–Crippen MR) is 213 cm³/mol. The van der Waals surface area contributed by atoms with Gasteiger partial charge in [0, 0.05) is 32.8 Å². The highest BCUT2D eigenvalue weighted by Gasteiger charge is 2.72. The largest absolute Gasteiger partial charge is 0.456 e. The van der Waals surface area contributed by atoms with Gasteiger partial charge in [-0.25, -0.2) is 14.4 Å². The Kier molecular flexibility index (Phi) is 12.7. The van der Waals surface area contributed by atoms with Crippen LogP contribution in [-0.4, -0.2) is 95.5 Å². The van der Waals surface area contributed by atoms with Crippen LogP contribution >= 0.6 is 11.6 Å². The summed E-state index contributed by atoms with van der Waals surface area (Å²) in [5.74, 6) is -1.09. The summed E-state index contributed by atoms with van der Waals surface area (Å²) in [6.07, 6.45) is 9.39. The van der Waals surface area contributed by atoms with E-state index >= 15 is 0 Å². The number of hydrogen-bond acceptors (Lipinski definition) is 12. The number of halogens is 1. The predicted octanol–water partition coefficient (Wildman–Crippen LogP) is 6.00. The smallest absolute Gasteiger partial charge is 0.344 e. The average Bonchev–Trinajstić information content (AvgIpc) is 2.99. The van der Waals surface area contributed by atoms with Crippen molar-refractivity contribution in [1.82, 2.24) is 0 Å². The maximum absolute atomic E-state index is 12.5. The van der Waals surface area contributed by atoms with E-state index in [4.69, 9.17) is 21.1 Å². The summed E-state index contributed by atoms with van der Waals surface area (Å²) in [5, 5.41) is 53.7. The minimum Gasteiger partial charge on any atom is -0.456 e. The molecule has 8 rings (SSSR count). The van der Waals surface area contributed by atoms with Gasteiger partial charge in [-0.3, -0.25) is 4.79 Å². The summed E-state index contributed by atoms with van der Waals surface area (Å²) in [4.78, 5) is 44.6. The minimum atomic E-state index is -0.951. The Morgan fingerprint density at radius 3 is 1.23 bits per heavy atom. The van der Waals surface area contributed by atoms with E-state index in [1.165, 1.54) is 13.8 Å². The number of hydrogen-bond donors (Lipinski definition) is 5. The van der Waals surface area contributed by atoms with Crippen molar-refractivity contribution in [3.63, 3.8) is 0 Å². The molecule has 13 heteroatoms. The Labute approximate surface area is 343 Å². The lowest BCUT2D eigenvalue weighted by atomic mass is 9.37. The third-order valence-corrected chi connectivity index (χ3v) is 15.0. The van der Waals surface area contributed by atoms with Crippen molar-refractivity contribution in [3.8, 4) is 0 Å². The highest BCUT2D eigenvalue weighted by atomic mass is 35.5. The first-order valence-corrected chi connectivity index (χ1v) is 20.6. The molecule has 0 saturated heterocycles. The molecule has 0 heterocycles. The molecule has 0 aromatic carbocycles.